The molecule has 1 fully saturated rings. The molecule has 1 aromatic heterocycles. The van der Waals surface area contributed by atoms with E-state index in [4.69, 9.17) is 0 Å². The van der Waals surface area contributed by atoms with Gasteiger partial charge in [0.15, 0.2) is 5.96 Å². The monoisotopic (exact) mass is 493 g/mol. The molecule has 1 amide bonds. The first-order valence-corrected chi connectivity index (χ1v) is 8.60. The van der Waals surface area contributed by atoms with E-state index in [0.29, 0.717) is 25.6 Å². The molecule has 0 unspecified atom stereocenters. The van der Waals surface area contributed by atoms with E-state index in [-0.39, 0.29) is 53.7 Å². The van der Waals surface area contributed by atoms with Crippen molar-refractivity contribution in [2.45, 2.75) is 45.8 Å². The van der Waals surface area contributed by atoms with Crippen molar-refractivity contribution >= 4 is 41.5 Å². The van der Waals surface area contributed by atoms with Crippen LogP contribution in [0.4, 0.5) is 5.69 Å². The fourth-order valence-electron chi connectivity index (χ4n) is 3.50. The second-order valence-corrected chi connectivity index (χ2v) is 7.22. The molecule has 0 radical (unpaired) electrons. The summed E-state index contributed by atoms with van der Waals surface area (Å²) < 4.78 is 1.50. The summed E-state index contributed by atoms with van der Waals surface area (Å²) in [7, 11) is 1.67. The van der Waals surface area contributed by atoms with Crippen LogP contribution in [0, 0.1) is 10.1 Å². The first-order chi connectivity index (χ1) is 12.2. The average molecular weight is 493 g/mol. The van der Waals surface area contributed by atoms with Crippen molar-refractivity contribution in [1.29, 1.82) is 0 Å². The molecule has 0 spiro atoms. The molecular weight excluding hydrogens is 465 g/mol. The quantitative estimate of drug-likeness (QED) is 0.218. The van der Waals surface area contributed by atoms with Crippen LogP contribution in [-0.4, -0.2) is 74.6 Å². The standard InChI is InChI=1S/C16H27N7O3.HI/c1-12(2)22-14(24)10-20(11-16(22,3)4)15(17-5)18-6-7-21-9-13(8-19-21)23(25)26;/h8-9,12H,6-7,10-11H2,1-5H3,(H,17,18);1H. The molecule has 1 N–H and O–H groups in total. The highest BCUT2D eigenvalue weighted by Gasteiger charge is 2.40. The Kier molecular flexibility index (Phi) is 7.99. The van der Waals surface area contributed by atoms with E-state index in [1.54, 1.807) is 7.05 Å². The lowest BCUT2D eigenvalue weighted by molar-refractivity contribution is -0.385. The summed E-state index contributed by atoms with van der Waals surface area (Å²) in [6.45, 7) is 10.0. The van der Waals surface area contributed by atoms with Gasteiger partial charge in [0.1, 0.15) is 12.4 Å². The summed E-state index contributed by atoms with van der Waals surface area (Å²) in [4.78, 5) is 30.9. The van der Waals surface area contributed by atoms with Crippen LogP contribution in [0.15, 0.2) is 17.4 Å². The maximum absolute atomic E-state index is 12.6. The summed E-state index contributed by atoms with van der Waals surface area (Å²) in [5.41, 5.74) is -0.337. The number of guanidine groups is 1. The lowest BCUT2D eigenvalue weighted by Crippen LogP contribution is -2.66. The third kappa shape index (κ3) is 5.53. The second-order valence-electron chi connectivity index (χ2n) is 7.22. The number of nitrogens with one attached hydrogen (secondary N) is 1. The molecule has 27 heavy (non-hydrogen) atoms. The molecule has 1 aliphatic heterocycles. The highest BCUT2D eigenvalue weighted by molar-refractivity contribution is 14.0. The Morgan fingerprint density at radius 1 is 1.48 bits per heavy atom. The number of nitro groups is 1. The molecule has 1 aromatic rings. The first kappa shape index (κ1) is 23.1. The summed E-state index contributed by atoms with van der Waals surface area (Å²) in [5, 5.41) is 17.9. The zero-order valence-electron chi connectivity index (χ0n) is 16.4. The maximum atomic E-state index is 12.6. The van der Waals surface area contributed by atoms with Gasteiger partial charge in [0.2, 0.25) is 5.91 Å². The summed E-state index contributed by atoms with van der Waals surface area (Å²) in [6, 6.07) is 0.144. The Hall–Kier alpha value is -1.92. The Morgan fingerprint density at radius 2 is 2.15 bits per heavy atom. The average Bonchev–Trinajstić information content (AvgIpc) is 2.98. The number of amides is 1. The summed E-state index contributed by atoms with van der Waals surface area (Å²) in [6.07, 6.45) is 2.61. The van der Waals surface area contributed by atoms with Gasteiger partial charge < -0.3 is 15.1 Å². The molecule has 0 bridgehead atoms. The first-order valence-electron chi connectivity index (χ1n) is 8.60. The Bertz CT molecular complexity index is 702. The van der Waals surface area contributed by atoms with Crippen LogP contribution >= 0.6 is 24.0 Å². The minimum Gasteiger partial charge on any atom is -0.354 e. The molecule has 2 rings (SSSR count). The number of rotatable bonds is 5. The molecule has 0 aromatic carbocycles. The fraction of sp³-hybridized carbons (Fsp3) is 0.688. The van der Waals surface area contributed by atoms with Crippen molar-refractivity contribution in [2.75, 3.05) is 26.7 Å². The SMILES string of the molecule is CN=C(NCCn1cc([N+](=O)[O-])cn1)N1CC(=O)N(C(C)C)C(C)(C)C1.I. The van der Waals surface area contributed by atoms with Gasteiger partial charge in [0.05, 0.1) is 23.6 Å². The summed E-state index contributed by atoms with van der Waals surface area (Å²) >= 11 is 0. The number of carbonyl (C=O) groups excluding carboxylic acids is 1. The minimum atomic E-state index is -0.474. The zero-order valence-corrected chi connectivity index (χ0v) is 18.7. The summed E-state index contributed by atoms with van der Waals surface area (Å²) in [5.74, 6) is 0.707. The highest BCUT2D eigenvalue weighted by atomic mass is 127. The van der Waals surface area contributed by atoms with Crippen molar-refractivity contribution in [3.63, 3.8) is 0 Å². The van der Waals surface area contributed by atoms with Gasteiger partial charge in [-0.25, -0.2) is 0 Å². The van der Waals surface area contributed by atoms with Gasteiger partial charge in [-0.2, -0.15) is 5.10 Å². The highest BCUT2D eigenvalue weighted by Crippen LogP contribution is 2.24. The van der Waals surface area contributed by atoms with Crippen molar-refractivity contribution in [1.82, 2.24) is 24.9 Å². The minimum absolute atomic E-state index is 0. The number of halogens is 1. The molecule has 2 heterocycles. The van der Waals surface area contributed by atoms with Crippen LogP contribution in [0.1, 0.15) is 27.7 Å². The van der Waals surface area contributed by atoms with E-state index in [9.17, 15) is 14.9 Å². The lowest BCUT2D eigenvalue weighted by Gasteiger charge is -2.49. The van der Waals surface area contributed by atoms with Crippen LogP contribution in [0.5, 0.6) is 0 Å². The number of carbonyl (C=O) groups is 1. The van der Waals surface area contributed by atoms with Crippen LogP contribution in [0.25, 0.3) is 0 Å². The normalized spacial score (nSPS) is 17.1. The molecule has 0 atom stereocenters. The Labute approximate surface area is 176 Å². The smallest absolute Gasteiger partial charge is 0.306 e. The van der Waals surface area contributed by atoms with Gasteiger partial charge in [0.25, 0.3) is 0 Å². The number of hydrogen-bond acceptors (Lipinski definition) is 5. The maximum Gasteiger partial charge on any atom is 0.306 e. The molecule has 11 heteroatoms. The van der Waals surface area contributed by atoms with Gasteiger partial charge >= 0.3 is 5.69 Å². The van der Waals surface area contributed by atoms with Gasteiger partial charge in [0, 0.05) is 26.2 Å². The van der Waals surface area contributed by atoms with Crippen molar-refractivity contribution < 1.29 is 9.72 Å². The predicted molar refractivity (Wildman–Crippen MR) is 113 cm³/mol. The number of aromatic nitrogens is 2. The number of piperazine rings is 1. The van der Waals surface area contributed by atoms with E-state index >= 15 is 0 Å². The molecule has 10 nitrogen and oxygen atoms in total. The van der Waals surface area contributed by atoms with E-state index in [0.717, 1.165) is 0 Å². The Morgan fingerprint density at radius 3 is 2.63 bits per heavy atom. The topological polar surface area (TPSA) is 109 Å². The fourth-order valence-corrected chi connectivity index (χ4v) is 3.50. The zero-order chi connectivity index (χ0) is 19.5. The molecule has 1 saturated heterocycles. The van der Waals surface area contributed by atoms with Gasteiger partial charge in [-0.1, -0.05) is 0 Å². The lowest BCUT2D eigenvalue weighted by atomic mass is 9.96. The van der Waals surface area contributed by atoms with E-state index < -0.39 is 4.92 Å². The third-order valence-corrected chi connectivity index (χ3v) is 4.31. The third-order valence-electron chi connectivity index (χ3n) is 4.31. The number of hydrogen-bond donors (Lipinski definition) is 1. The van der Waals surface area contributed by atoms with E-state index in [1.165, 1.54) is 17.1 Å². The van der Waals surface area contributed by atoms with Crippen LogP contribution < -0.4 is 5.32 Å². The number of aliphatic imine (C=N–C) groups is 1. The largest absolute Gasteiger partial charge is 0.354 e. The van der Waals surface area contributed by atoms with E-state index in [2.05, 4.69) is 15.4 Å². The van der Waals surface area contributed by atoms with E-state index in [1.807, 2.05) is 37.5 Å². The second kappa shape index (κ2) is 9.33. The molecule has 1 aliphatic rings. The number of nitrogens with zero attached hydrogens (tertiary/aromatic N) is 6. The molecule has 152 valence electrons. The van der Waals surface area contributed by atoms with Crippen LogP contribution in [0.3, 0.4) is 0 Å². The van der Waals surface area contributed by atoms with Crippen LogP contribution in [0.2, 0.25) is 0 Å². The molecular formula is C16H28IN7O3. The van der Waals surface area contributed by atoms with Gasteiger partial charge in [-0.05, 0) is 27.7 Å². The van der Waals surface area contributed by atoms with Gasteiger partial charge in [-0.15, -0.1) is 24.0 Å². The Balaban J connectivity index is 0.00000364. The molecule has 0 aliphatic carbocycles. The molecule has 0 saturated carbocycles. The van der Waals surface area contributed by atoms with Crippen molar-refractivity contribution in [3.8, 4) is 0 Å². The van der Waals surface area contributed by atoms with Gasteiger partial charge in [-0.3, -0.25) is 24.6 Å². The van der Waals surface area contributed by atoms with Crippen LogP contribution in [-0.2, 0) is 11.3 Å². The van der Waals surface area contributed by atoms with Crippen molar-refractivity contribution in [2.24, 2.45) is 4.99 Å². The van der Waals surface area contributed by atoms with Crippen molar-refractivity contribution in [3.05, 3.63) is 22.5 Å². The predicted octanol–water partition coefficient (Wildman–Crippen LogP) is 1.32.